The molecule has 25 heavy (non-hydrogen) atoms. The highest BCUT2D eigenvalue weighted by Crippen LogP contribution is 2.27. The average Bonchev–Trinajstić information content (AvgIpc) is 2.65. The van der Waals surface area contributed by atoms with Crippen LogP contribution in [-0.2, 0) is 4.79 Å². The lowest BCUT2D eigenvalue weighted by Gasteiger charge is -2.33. The van der Waals surface area contributed by atoms with Gasteiger partial charge in [-0.15, -0.1) is 0 Å². The van der Waals surface area contributed by atoms with Gasteiger partial charge in [-0.25, -0.2) is 0 Å². The van der Waals surface area contributed by atoms with Gasteiger partial charge in [-0.3, -0.25) is 9.59 Å². The van der Waals surface area contributed by atoms with Crippen LogP contribution in [0.15, 0.2) is 46.9 Å². The van der Waals surface area contributed by atoms with Gasteiger partial charge in [-0.2, -0.15) is 0 Å². The molecular weight excluding hydrogens is 380 g/mol. The SMILES string of the molecule is Cc1c(Br)cccc1NC(=O)C1CCN(c2ccc(C=O)cc2)CC1. The molecule has 0 spiro atoms. The van der Waals surface area contributed by atoms with Crippen molar-refractivity contribution in [1.29, 1.82) is 0 Å². The molecule has 1 fully saturated rings. The lowest BCUT2D eigenvalue weighted by atomic mass is 9.95. The molecule has 0 unspecified atom stereocenters. The van der Waals surface area contributed by atoms with Crippen molar-refractivity contribution in [3.8, 4) is 0 Å². The van der Waals surface area contributed by atoms with Crippen molar-refractivity contribution in [2.75, 3.05) is 23.3 Å². The molecule has 0 radical (unpaired) electrons. The molecule has 1 saturated heterocycles. The van der Waals surface area contributed by atoms with Gasteiger partial charge >= 0.3 is 0 Å². The third-order valence-electron chi connectivity index (χ3n) is 4.79. The molecule has 0 aromatic heterocycles. The van der Waals surface area contributed by atoms with Crippen LogP contribution in [0.4, 0.5) is 11.4 Å². The van der Waals surface area contributed by atoms with Crippen molar-refractivity contribution in [1.82, 2.24) is 0 Å². The van der Waals surface area contributed by atoms with Gasteiger partial charge in [0.2, 0.25) is 5.91 Å². The number of benzene rings is 2. The Morgan fingerprint density at radius 1 is 1.16 bits per heavy atom. The van der Waals surface area contributed by atoms with Crippen LogP contribution in [0, 0.1) is 12.8 Å². The predicted octanol–water partition coefficient (Wildman–Crippen LogP) is 4.43. The van der Waals surface area contributed by atoms with E-state index in [0.717, 1.165) is 53.6 Å². The van der Waals surface area contributed by atoms with Crippen LogP contribution in [-0.4, -0.2) is 25.3 Å². The topological polar surface area (TPSA) is 49.4 Å². The van der Waals surface area contributed by atoms with E-state index in [-0.39, 0.29) is 11.8 Å². The number of aldehydes is 1. The molecular formula is C20H21BrN2O2. The van der Waals surface area contributed by atoms with Crippen LogP contribution in [0.3, 0.4) is 0 Å². The summed E-state index contributed by atoms with van der Waals surface area (Å²) in [5.41, 5.74) is 3.70. The number of piperidine rings is 1. The quantitative estimate of drug-likeness (QED) is 0.772. The number of halogens is 1. The van der Waals surface area contributed by atoms with Crippen LogP contribution in [0.1, 0.15) is 28.8 Å². The minimum absolute atomic E-state index is 0.0314. The standard InChI is InChI=1S/C20H21BrN2O2/c1-14-18(21)3-2-4-19(14)22-20(25)16-9-11-23(12-10-16)17-7-5-15(13-24)6-8-17/h2-8,13,16H,9-12H2,1H3,(H,22,25). The van der Waals surface area contributed by atoms with Gasteiger partial charge in [0.1, 0.15) is 6.29 Å². The van der Waals surface area contributed by atoms with Crippen molar-refractivity contribution in [3.05, 3.63) is 58.1 Å². The van der Waals surface area contributed by atoms with Crippen LogP contribution in [0.5, 0.6) is 0 Å². The maximum atomic E-state index is 12.6. The van der Waals surface area contributed by atoms with E-state index in [4.69, 9.17) is 0 Å². The van der Waals surface area contributed by atoms with E-state index in [9.17, 15) is 9.59 Å². The summed E-state index contributed by atoms with van der Waals surface area (Å²) in [7, 11) is 0. The lowest BCUT2D eigenvalue weighted by Crippen LogP contribution is -2.38. The number of carbonyl (C=O) groups is 2. The molecule has 3 rings (SSSR count). The third kappa shape index (κ3) is 4.10. The summed E-state index contributed by atoms with van der Waals surface area (Å²) in [6, 6.07) is 13.4. The van der Waals surface area contributed by atoms with Gasteiger partial charge in [0, 0.05) is 40.4 Å². The first-order valence-electron chi connectivity index (χ1n) is 8.44. The number of amides is 1. The summed E-state index contributed by atoms with van der Waals surface area (Å²) >= 11 is 3.50. The Morgan fingerprint density at radius 2 is 1.84 bits per heavy atom. The number of nitrogens with zero attached hydrogens (tertiary/aromatic N) is 1. The Kier molecular flexibility index (Phi) is 5.53. The Bertz CT molecular complexity index is 766. The summed E-state index contributed by atoms with van der Waals surface area (Å²) in [6.45, 7) is 3.68. The lowest BCUT2D eigenvalue weighted by molar-refractivity contribution is -0.120. The van der Waals surface area contributed by atoms with Gasteiger partial charge in [0.05, 0.1) is 0 Å². The zero-order chi connectivity index (χ0) is 17.8. The summed E-state index contributed by atoms with van der Waals surface area (Å²) in [5, 5.41) is 3.06. The fraction of sp³-hybridized carbons (Fsp3) is 0.300. The molecule has 0 aliphatic carbocycles. The molecule has 130 valence electrons. The maximum absolute atomic E-state index is 12.6. The normalized spacial score (nSPS) is 15.0. The fourth-order valence-corrected chi connectivity index (χ4v) is 3.51. The Hall–Kier alpha value is -2.14. The third-order valence-corrected chi connectivity index (χ3v) is 5.64. The first-order valence-corrected chi connectivity index (χ1v) is 9.24. The molecule has 1 aliphatic rings. The van der Waals surface area contributed by atoms with Crippen LogP contribution in [0.25, 0.3) is 0 Å². The van der Waals surface area contributed by atoms with Gasteiger partial charge in [-0.1, -0.05) is 22.0 Å². The number of carbonyl (C=O) groups excluding carboxylic acids is 2. The van der Waals surface area contributed by atoms with Gasteiger partial charge in [0.25, 0.3) is 0 Å². The molecule has 1 amide bonds. The van der Waals surface area contributed by atoms with E-state index in [1.54, 1.807) is 0 Å². The number of rotatable bonds is 4. The summed E-state index contributed by atoms with van der Waals surface area (Å²) in [4.78, 5) is 25.6. The second kappa shape index (κ2) is 7.83. The molecule has 4 nitrogen and oxygen atoms in total. The van der Waals surface area contributed by atoms with Crippen molar-refractivity contribution in [3.63, 3.8) is 0 Å². The summed E-state index contributed by atoms with van der Waals surface area (Å²) < 4.78 is 0.999. The smallest absolute Gasteiger partial charge is 0.227 e. The number of hydrogen-bond acceptors (Lipinski definition) is 3. The van der Waals surface area contributed by atoms with E-state index in [1.807, 2.05) is 49.4 Å². The molecule has 0 saturated carbocycles. The Morgan fingerprint density at radius 3 is 2.48 bits per heavy atom. The molecule has 1 heterocycles. The first kappa shape index (κ1) is 17.7. The monoisotopic (exact) mass is 400 g/mol. The number of hydrogen-bond donors (Lipinski definition) is 1. The molecule has 5 heteroatoms. The second-order valence-electron chi connectivity index (χ2n) is 6.37. The van der Waals surface area contributed by atoms with Gasteiger partial charge in [-0.05, 0) is 61.7 Å². The highest BCUT2D eigenvalue weighted by molar-refractivity contribution is 9.10. The van der Waals surface area contributed by atoms with E-state index in [2.05, 4.69) is 26.1 Å². The Balaban J connectivity index is 1.58. The number of anilines is 2. The number of nitrogens with one attached hydrogen (secondary N) is 1. The van der Waals surface area contributed by atoms with Crippen molar-refractivity contribution < 1.29 is 9.59 Å². The van der Waals surface area contributed by atoms with E-state index < -0.39 is 0 Å². The zero-order valence-electron chi connectivity index (χ0n) is 14.2. The minimum Gasteiger partial charge on any atom is -0.371 e. The van der Waals surface area contributed by atoms with E-state index in [0.29, 0.717) is 5.56 Å². The largest absolute Gasteiger partial charge is 0.371 e. The van der Waals surface area contributed by atoms with Gasteiger partial charge in [0.15, 0.2) is 0 Å². The molecule has 1 aliphatic heterocycles. The van der Waals surface area contributed by atoms with E-state index in [1.165, 1.54) is 0 Å². The predicted molar refractivity (Wildman–Crippen MR) is 104 cm³/mol. The zero-order valence-corrected chi connectivity index (χ0v) is 15.8. The Labute approximate surface area is 156 Å². The molecule has 0 atom stereocenters. The highest BCUT2D eigenvalue weighted by Gasteiger charge is 2.25. The molecule has 0 bridgehead atoms. The highest BCUT2D eigenvalue weighted by atomic mass is 79.9. The molecule has 1 N–H and O–H groups in total. The van der Waals surface area contributed by atoms with Crippen molar-refractivity contribution >= 4 is 39.5 Å². The van der Waals surface area contributed by atoms with E-state index >= 15 is 0 Å². The van der Waals surface area contributed by atoms with Crippen molar-refractivity contribution in [2.24, 2.45) is 5.92 Å². The molecule has 2 aromatic rings. The van der Waals surface area contributed by atoms with Crippen LogP contribution < -0.4 is 10.2 Å². The van der Waals surface area contributed by atoms with Crippen molar-refractivity contribution in [2.45, 2.75) is 19.8 Å². The van der Waals surface area contributed by atoms with Crippen LogP contribution in [0.2, 0.25) is 0 Å². The van der Waals surface area contributed by atoms with Crippen LogP contribution >= 0.6 is 15.9 Å². The fourth-order valence-electron chi connectivity index (χ4n) is 3.14. The second-order valence-corrected chi connectivity index (χ2v) is 7.23. The average molecular weight is 401 g/mol. The maximum Gasteiger partial charge on any atom is 0.227 e. The summed E-state index contributed by atoms with van der Waals surface area (Å²) in [5.74, 6) is 0.126. The minimum atomic E-state index is 0.0314. The first-order chi connectivity index (χ1) is 12.1. The van der Waals surface area contributed by atoms with Gasteiger partial charge < -0.3 is 10.2 Å². The molecule has 2 aromatic carbocycles. The summed E-state index contributed by atoms with van der Waals surface area (Å²) in [6.07, 6.45) is 2.51.